The lowest BCUT2D eigenvalue weighted by molar-refractivity contribution is 0.245. The number of benzene rings is 1. The van der Waals surface area contributed by atoms with Crippen LogP contribution in [0.4, 0.5) is 0 Å². The summed E-state index contributed by atoms with van der Waals surface area (Å²) in [4.78, 5) is 0. The van der Waals surface area contributed by atoms with Crippen molar-refractivity contribution in [3.05, 3.63) is 28.8 Å². The number of hydrogen-bond donors (Lipinski definition) is 1. The molecule has 0 aliphatic rings. The Labute approximate surface area is 109 Å². The summed E-state index contributed by atoms with van der Waals surface area (Å²) >= 11 is 6.17. The third kappa shape index (κ3) is 3.14. The number of hydrogen-bond acceptors (Lipinski definition) is 2. The minimum atomic E-state index is 0.187. The Morgan fingerprint density at radius 3 is 2.47 bits per heavy atom. The predicted molar refractivity (Wildman–Crippen MR) is 73.9 cm³/mol. The molecule has 0 aliphatic carbocycles. The van der Waals surface area contributed by atoms with Crippen molar-refractivity contribution in [2.24, 2.45) is 5.41 Å². The second kappa shape index (κ2) is 5.74. The third-order valence-electron chi connectivity index (χ3n) is 3.49. The lowest BCUT2D eigenvalue weighted by atomic mass is 9.78. The molecule has 0 bridgehead atoms. The highest BCUT2D eigenvalue weighted by molar-refractivity contribution is 6.32. The average Bonchev–Trinajstić information content (AvgIpc) is 2.30. The van der Waals surface area contributed by atoms with Gasteiger partial charge in [-0.15, -0.1) is 0 Å². The topological polar surface area (TPSA) is 21.3 Å². The SMILES string of the molecule is CCC(C)(C)C(NC)c1ccc(OC)c(Cl)c1. The second-order valence-electron chi connectivity index (χ2n) is 4.96. The molecule has 1 aromatic rings. The monoisotopic (exact) mass is 255 g/mol. The molecule has 0 radical (unpaired) electrons. The molecule has 1 aromatic carbocycles. The molecule has 1 rings (SSSR count). The van der Waals surface area contributed by atoms with Gasteiger partial charge < -0.3 is 10.1 Å². The van der Waals surface area contributed by atoms with Gasteiger partial charge in [0, 0.05) is 6.04 Å². The van der Waals surface area contributed by atoms with Crippen LogP contribution in [0.15, 0.2) is 18.2 Å². The maximum absolute atomic E-state index is 6.17. The Hall–Kier alpha value is -0.730. The van der Waals surface area contributed by atoms with Gasteiger partial charge in [-0.05, 0) is 36.6 Å². The van der Waals surface area contributed by atoms with Crippen LogP contribution in [0.2, 0.25) is 5.02 Å². The standard InChI is InChI=1S/C14H22ClNO/c1-6-14(2,3)13(16-4)10-7-8-12(17-5)11(15)9-10/h7-9,13,16H,6H2,1-5H3. The Balaban J connectivity index is 3.09. The number of methoxy groups -OCH3 is 1. The largest absolute Gasteiger partial charge is 0.495 e. The first-order chi connectivity index (χ1) is 7.96. The maximum atomic E-state index is 6.17. The first kappa shape index (κ1) is 14.3. The van der Waals surface area contributed by atoms with Gasteiger partial charge in [0.25, 0.3) is 0 Å². The van der Waals surface area contributed by atoms with Crippen molar-refractivity contribution in [2.45, 2.75) is 33.2 Å². The van der Waals surface area contributed by atoms with Crippen molar-refractivity contribution in [2.75, 3.05) is 14.2 Å². The molecular formula is C14H22ClNO. The molecule has 0 fully saturated rings. The molecule has 1 N–H and O–H groups in total. The molecular weight excluding hydrogens is 234 g/mol. The summed E-state index contributed by atoms with van der Waals surface area (Å²) < 4.78 is 5.17. The minimum Gasteiger partial charge on any atom is -0.495 e. The molecule has 96 valence electrons. The van der Waals surface area contributed by atoms with E-state index in [0.29, 0.717) is 5.02 Å². The summed E-state index contributed by atoms with van der Waals surface area (Å²) in [6.45, 7) is 6.72. The van der Waals surface area contributed by atoms with Crippen LogP contribution in [-0.4, -0.2) is 14.2 Å². The van der Waals surface area contributed by atoms with Gasteiger partial charge in [-0.3, -0.25) is 0 Å². The molecule has 0 spiro atoms. The summed E-state index contributed by atoms with van der Waals surface area (Å²) in [7, 11) is 3.62. The van der Waals surface area contributed by atoms with E-state index < -0.39 is 0 Å². The first-order valence-electron chi connectivity index (χ1n) is 5.97. The summed E-state index contributed by atoms with van der Waals surface area (Å²) in [5.74, 6) is 0.722. The van der Waals surface area contributed by atoms with Gasteiger partial charge in [-0.2, -0.15) is 0 Å². The van der Waals surface area contributed by atoms with Gasteiger partial charge in [-0.1, -0.05) is 38.4 Å². The van der Waals surface area contributed by atoms with E-state index in [2.05, 4.69) is 32.2 Å². The van der Waals surface area contributed by atoms with Gasteiger partial charge in [0.2, 0.25) is 0 Å². The van der Waals surface area contributed by atoms with E-state index in [1.165, 1.54) is 5.56 Å². The van der Waals surface area contributed by atoms with E-state index in [9.17, 15) is 0 Å². The van der Waals surface area contributed by atoms with E-state index >= 15 is 0 Å². The van der Waals surface area contributed by atoms with Crippen LogP contribution >= 0.6 is 11.6 Å². The minimum absolute atomic E-state index is 0.187. The molecule has 0 saturated carbocycles. The molecule has 0 aliphatic heterocycles. The molecule has 0 heterocycles. The van der Waals surface area contributed by atoms with E-state index in [-0.39, 0.29) is 11.5 Å². The Kier molecular flexibility index (Phi) is 4.84. The van der Waals surface area contributed by atoms with E-state index in [0.717, 1.165) is 12.2 Å². The number of ether oxygens (including phenoxy) is 1. The summed E-state index contributed by atoms with van der Waals surface area (Å²) in [6.07, 6.45) is 1.10. The van der Waals surface area contributed by atoms with E-state index in [4.69, 9.17) is 16.3 Å². The number of halogens is 1. The molecule has 0 saturated heterocycles. The van der Waals surface area contributed by atoms with Crippen molar-refractivity contribution in [3.63, 3.8) is 0 Å². The van der Waals surface area contributed by atoms with Crippen molar-refractivity contribution in [1.82, 2.24) is 5.32 Å². The van der Waals surface area contributed by atoms with Crippen LogP contribution in [0.3, 0.4) is 0 Å². The van der Waals surface area contributed by atoms with Gasteiger partial charge in [-0.25, -0.2) is 0 Å². The zero-order valence-electron chi connectivity index (χ0n) is 11.3. The zero-order valence-corrected chi connectivity index (χ0v) is 12.1. The third-order valence-corrected chi connectivity index (χ3v) is 3.79. The fourth-order valence-electron chi connectivity index (χ4n) is 2.07. The van der Waals surface area contributed by atoms with Gasteiger partial charge >= 0.3 is 0 Å². The number of rotatable bonds is 5. The molecule has 1 atom stereocenters. The second-order valence-corrected chi connectivity index (χ2v) is 5.37. The van der Waals surface area contributed by atoms with Crippen LogP contribution in [0.1, 0.15) is 38.8 Å². The van der Waals surface area contributed by atoms with E-state index in [1.54, 1.807) is 7.11 Å². The van der Waals surface area contributed by atoms with Gasteiger partial charge in [0.1, 0.15) is 5.75 Å². The first-order valence-corrected chi connectivity index (χ1v) is 6.34. The molecule has 0 aromatic heterocycles. The van der Waals surface area contributed by atoms with Gasteiger partial charge in [0.05, 0.1) is 12.1 Å². The summed E-state index contributed by atoms with van der Waals surface area (Å²) in [6, 6.07) is 6.27. The summed E-state index contributed by atoms with van der Waals surface area (Å²) in [5.41, 5.74) is 1.39. The van der Waals surface area contributed by atoms with Crippen LogP contribution < -0.4 is 10.1 Å². The van der Waals surface area contributed by atoms with Gasteiger partial charge in [0.15, 0.2) is 0 Å². The van der Waals surface area contributed by atoms with Crippen LogP contribution in [0.25, 0.3) is 0 Å². The van der Waals surface area contributed by atoms with Crippen LogP contribution in [0, 0.1) is 5.41 Å². The number of nitrogens with one attached hydrogen (secondary N) is 1. The fourth-order valence-corrected chi connectivity index (χ4v) is 2.34. The van der Waals surface area contributed by atoms with Crippen molar-refractivity contribution < 1.29 is 4.74 Å². The van der Waals surface area contributed by atoms with Crippen molar-refractivity contribution in [3.8, 4) is 5.75 Å². The smallest absolute Gasteiger partial charge is 0.137 e. The molecule has 2 nitrogen and oxygen atoms in total. The van der Waals surface area contributed by atoms with Crippen LogP contribution in [0.5, 0.6) is 5.75 Å². The molecule has 1 unspecified atom stereocenters. The highest BCUT2D eigenvalue weighted by Gasteiger charge is 2.28. The molecule has 17 heavy (non-hydrogen) atoms. The van der Waals surface area contributed by atoms with E-state index in [1.807, 2.05) is 19.2 Å². The quantitative estimate of drug-likeness (QED) is 0.857. The molecule has 3 heteroatoms. The lowest BCUT2D eigenvalue weighted by Crippen LogP contribution is -2.31. The Morgan fingerprint density at radius 2 is 2.06 bits per heavy atom. The normalized spacial score (nSPS) is 13.5. The maximum Gasteiger partial charge on any atom is 0.137 e. The van der Waals surface area contributed by atoms with Crippen molar-refractivity contribution >= 4 is 11.6 Å². The van der Waals surface area contributed by atoms with Crippen LogP contribution in [-0.2, 0) is 0 Å². The summed E-state index contributed by atoms with van der Waals surface area (Å²) in [5, 5.41) is 4.04. The lowest BCUT2D eigenvalue weighted by Gasteiger charge is -2.34. The predicted octanol–water partition coefficient (Wildman–Crippen LogP) is 4.05. The highest BCUT2D eigenvalue weighted by atomic mass is 35.5. The highest BCUT2D eigenvalue weighted by Crippen LogP contribution is 2.38. The zero-order chi connectivity index (χ0) is 13.1. The Morgan fingerprint density at radius 1 is 1.41 bits per heavy atom. The Bertz CT molecular complexity index is 376. The molecule has 0 amide bonds. The average molecular weight is 256 g/mol. The fraction of sp³-hybridized carbons (Fsp3) is 0.571. The van der Waals surface area contributed by atoms with Crippen molar-refractivity contribution in [1.29, 1.82) is 0 Å².